The van der Waals surface area contributed by atoms with Crippen molar-refractivity contribution in [2.75, 3.05) is 6.61 Å². The van der Waals surface area contributed by atoms with Crippen LogP contribution in [0, 0.1) is 11.8 Å². The quantitative estimate of drug-likeness (QED) is 0.566. The summed E-state index contributed by atoms with van der Waals surface area (Å²) >= 11 is 0. The van der Waals surface area contributed by atoms with Gasteiger partial charge in [0, 0.05) is 0 Å². The summed E-state index contributed by atoms with van der Waals surface area (Å²) in [5, 5.41) is 0. The van der Waals surface area contributed by atoms with Crippen LogP contribution < -0.4 is 0 Å². The van der Waals surface area contributed by atoms with E-state index in [-0.39, 0.29) is 11.9 Å². The molecule has 2 aliphatic heterocycles. The molecule has 2 heterocycles. The molecular weight excluding hydrogens is 232 g/mol. The molecule has 4 aliphatic rings. The lowest BCUT2D eigenvalue weighted by molar-refractivity contribution is -0.151. The largest absolute Gasteiger partial charge is 0.465 e. The zero-order valence-electron chi connectivity index (χ0n) is 10.5. The Labute approximate surface area is 107 Å². The fraction of sp³-hybridized carbons (Fsp3) is 0.929. The molecule has 0 bridgehead atoms. The van der Waals surface area contributed by atoms with E-state index in [0.29, 0.717) is 36.9 Å². The Kier molecular flexibility index (Phi) is 2.62. The molecule has 0 N–H and O–H groups in total. The normalized spacial score (nSPS) is 48.9. The van der Waals surface area contributed by atoms with Gasteiger partial charge in [-0.1, -0.05) is 0 Å². The Hall–Kier alpha value is -0.610. The van der Waals surface area contributed by atoms with Crippen molar-refractivity contribution >= 4 is 5.97 Å². The third kappa shape index (κ3) is 2.16. The third-order valence-corrected chi connectivity index (χ3v) is 4.91. The highest BCUT2D eigenvalue weighted by Gasteiger charge is 2.47. The van der Waals surface area contributed by atoms with Crippen molar-refractivity contribution in [3.8, 4) is 0 Å². The van der Waals surface area contributed by atoms with Crippen molar-refractivity contribution in [2.45, 2.75) is 62.9 Å². The lowest BCUT2D eigenvalue weighted by Gasteiger charge is -2.21. The summed E-state index contributed by atoms with van der Waals surface area (Å²) in [4.78, 5) is 12.0. The fourth-order valence-corrected chi connectivity index (χ4v) is 3.57. The van der Waals surface area contributed by atoms with Crippen LogP contribution in [0.4, 0.5) is 0 Å². The van der Waals surface area contributed by atoms with Gasteiger partial charge in [0.25, 0.3) is 0 Å². The van der Waals surface area contributed by atoms with Crippen LogP contribution in [0.1, 0.15) is 38.5 Å². The number of ether oxygens (including phenoxy) is 3. The standard InChI is InChI=1S/C14H20O4/c15-14(9-2-4-11-13(6-9)18-11)16-7-8-1-3-10-12(5-8)17-10/h8-13H,1-7H2/t8-,9+,10?,11?,12?,13?/m1/s1. The molecular formula is C14H20O4. The molecule has 0 aromatic heterocycles. The SMILES string of the molecule is O=C(OC[C@@H]1CCC2OC2C1)[C@H]1CCC2OC2C1. The lowest BCUT2D eigenvalue weighted by Crippen LogP contribution is -2.27. The summed E-state index contributed by atoms with van der Waals surface area (Å²) in [6.45, 7) is 0.594. The van der Waals surface area contributed by atoms with Gasteiger partial charge in [-0.15, -0.1) is 0 Å². The Morgan fingerprint density at radius 3 is 2.39 bits per heavy atom. The molecule has 4 unspecified atom stereocenters. The number of hydrogen-bond donors (Lipinski definition) is 0. The zero-order chi connectivity index (χ0) is 12.1. The first kappa shape index (κ1) is 11.2. The summed E-state index contributed by atoms with van der Waals surface area (Å²) in [7, 11) is 0. The van der Waals surface area contributed by atoms with Crippen LogP contribution in [0.2, 0.25) is 0 Å². The third-order valence-electron chi connectivity index (χ3n) is 4.91. The number of carbonyl (C=O) groups excluding carboxylic acids is 1. The summed E-state index contributed by atoms with van der Waals surface area (Å²) in [6, 6.07) is 0. The Bertz CT molecular complexity index is 356. The number of epoxide rings is 2. The van der Waals surface area contributed by atoms with E-state index in [2.05, 4.69) is 0 Å². The summed E-state index contributed by atoms with van der Waals surface area (Å²) in [5.41, 5.74) is 0. The van der Waals surface area contributed by atoms with E-state index in [1.165, 1.54) is 0 Å². The molecule has 0 radical (unpaired) electrons. The van der Waals surface area contributed by atoms with Crippen molar-refractivity contribution in [2.24, 2.45) is 11.8 Å². The molecule has 0 aromatic rings. The van der Waals surface area contributed by atoms with Gasteiger partial charge < -0.3 is 14.2 Å². The molecule has 0 spiro atoms. The maximum Gasteiger partial charge on any atom is 0.309 e. The van der Waals surface area contributed by atoms with E-state index in [9.17, 15) is 4.79 Å². The maximum absolute atomic E-state index is 12.0. The number of carbonyl (C=O) groups is 1. The molecule has 0 aromatic carbocycles. The highest BCUT2D eigenvalue weighted by atomic mass is 16.6. The minimum absolute atomic E-state index is 0.00258. The minimum atomic E-state index is 0.00258. The Morgan fingerprint density at radius 1 is 0.944 bits per heavy atom. The molecule has 2 aliphatic carbocycles. The van der Waals surface area contributed by atoms with E-state index in [1.54, 1.807) is 0 Å². The van der Waals surface area contributed by atoms with Crippen molar-refractivity contribution in [3.05, 3.63) is 0 Å². The molecule has 6 atom stereocenters. The zero-order valence-corrected chi connectivity index (χ0v) is 10.5. The Morgan fingerprint density at radius 2 is 1.67 bits per heavy atom. The highest BCUT2D eigenvalue weighted by Crippen LogP contribution is 2.41. The van der Waals surface area contributed by atoms with Crippen LogP contribution in [-0.4, -0.2) is 37.0 Å². The second-order valence-electron chi connectivity index (χ2n) is 6.25. The van der Waals surface area contributed by atoms with E-state index in [0.717, 1.165) is 38.5 Å². The van der Waals surface area contributed by atoms with Gasteiger partial charge in [-0.05, 0) is 44.4 Å². The van der Waals surface area contributed by atoms with Gasteiger partial charge in [-0.3, -0.25) is 4.79 Å². The molecule has 2 saturated heterocycles. The first-order chi connectivity index (χ1) is 8.79. The predicted molar refractivity (Wildman–Crippen MR) is 63.0 cm³/mol. The molecule has 0 amide bonds. The van der Waals surface area contributed by atoms with Gasteiger partial charge in [-0.25, -0.2) is 0 Å². The molecule has 18 heavy (non-hydrogen) atoms. The van der Waals surface area contributed by atoms with E-state index in [4.69, 9.17) is 14.2 Å². The van der Waals surface area contributed by atoms with Crippen molar-refractivity contribution in [3.63, 3.8) is 0 Å². The molecule has 4 fully saturated rings. The number of rotatable bonds is 3. The van der Waals surface area contributed by atoms with Crippen molar-refractivity contribution < 1.29 is 19.0 Å². The van der Waals surface area contributed by atoms with Crippen molar-refractivity contribution in [1.82, 2.24) is 0 Å². The first-order valence-electron chi connectivity index (χ1n) is 7.27. The molecule has 4 heteroatoms. The molecule has 100 valence electrons. The minimum Gasteiger partial charge on any atom is -0.465 e. The second kappa shape index (κ2) is 4.20. The van der Waals surface area contributed by atoms with Crippen LogP contribution in [0.3, 0.4) is 0 Å². The first-order valence-corrected chi connectivity index (χ1v) is 7.27. The number of hydrogen-bond acceptors (Lipinski definition) is 4. The van der Waals surface area contributed by atoms with Gasteiger partial charge in [0.2, 0.25) is 0 Å². The Balaban J connectivity index is 1.23. The van der Waals surface area contributed by atoms with Crippen molar-refractivity contribution in [1.29, 1.82) is 0 Å². The number of fused-ring (bicyclic) bond motifs is 2. The highest BCUT2D eigenvalue weighted by molar-refractivity contribution is 5.72. The predicted octanol–water partition coefficient (Wildman–Crippen LogP) is 1.66. The van der Waals surface area contributed by atoms with Crippen LogP contribution in [0.15, 0.2) is 0 Å². The van der Waals surface area contributed by atoms with Crippen LogP contribution in [0.5, 0.6) is 0 Å². The topological polar surface area (TPSA) is 51.4 Å². The summed E-state index contributed by atoms with van der Waals surface area (Å²) in [5.74, 6) is 0.608. The van der Waals surface area contributed by atoms with Crippen LogP contribution in [0.25, 0.3) is 0 Å². The summed E-state index contributed by atoms with van der Waals surface area (Å²) < 4.78 is 16.4. The molecule has 4 rings (SSSR count). The van der Waals surface area contributed by atoms with E-state index in [1.807, 2.05) is 0 Å². The molecule has 2 saturated carbocycles. The lowest BCUT2D eigenvalue weighted by atomic mass is 9.89. The van der Waals surface area contributed by atoms with Gasteiger partial charge in [0.1, 0.15) is 0 Å². The van der Waals surface area contributed by atoms with E-state index >= 15 is 0 Å². The average Bonchev–Trinajstić information content (AvgIpc) is 3.26. The van der Waals surface area contributed by atoms with Gasteiger partial charge in [-0.2, -0.15) is 0 Å². The van der Waals surface area contributed by atoms with Crippen LogP contribution in [-0.2, 0) is 19.0 Å². The fourth-order valence-electron chi connectivity index (χ4n) is 3.57. The monoisotopic (exact) mass is 252 g/mol. The van der Waals surface area contributed by atoms with Gasteiger partial charge >= 0.3 is 5.97 Å². The van der Waals surface area contributed by atoms with Crippen LogP contribution >= 0.6 is 0 Å². The van der Waals surface area contributed by atoms with Gasteiger partial charge in [0.05, 0.1) is 36.9 Å². The van der Waals surface area contributed by atoms with Gasteiger partial charge in [0.15, 0.2) is 0 Å². The smallest absolute Gasteiger partial charge is 0.309 e. The number of esters is 1. The van der Waals surface area contributed by atoms with E-state index < -0.39 is 0 Å². The average molecular weight is 252 g/mol. The summed E-state index contributed by atoms with van der Waals surface area (Å²) in [6.07, 6.45) is 8.03. The maximum atomic E-state index is 12.0. The molecule has 4 nitrogen and oxygen atoms in total. The second-order valence-corrected chi connectivity index (χ2v) is 6.25.